The molecule has 0 fully saturated rings. The van der Waals surface area contributed by atoms with E-state index in [0.717, 1.165) is 21.3 Å². The Morgan fingerprint density at radius 1 is 1.20 bits per heavy atom. The first-order valence-electron chi connectivity index (χ1n) is 6.01. The van der Waals surface area contributed by atoms with Gasteiger partial charge in [-0.1, -0.05) is 27.5 Å². The summed E-state index contributed by atoms with van der Waals surface area (Å²) in [6, 6.07) is 8.63. The number of nitrogens with one attached hydrogen (secondary N) is 1. The number of carbonyl (C=O) groups is 1. The second-order valence-corrected chi connectivity index (χ2v) is 5.84. The Bertz CT molecular complexity index is 663. The number of nitrogen functional groups attached to an aromatic ring is 1. The van der Waals surface area contributed by atoms with E-state index in [0.29, 0.717) is 16.3 Å². The first kappa shape index (κ1) is 14.9. The molecular formula is C15H14BrClN2O. The van der Waals surface area contributed by atoms with Crippen molar-refractivity contribution in [1.82, 2.24) is 0 Å². The highest BCUT2D eigenvalue weighted by molar-refractivity contribution is 9.10. The van der Waals surface area contributed by atoms with Crippen molar-refractivity contribution in [2.75, 3.05) is 11.1 Å². The number of halogens is 2. The van der Waals surface area contributed by atoms with Crippen LogP contribution in [0.2, 0.25) is 5.02 Å². The van der Waals surface area contributed by atoms with Crippen molar-refractivity contribution in [3.05, 3.63) is 56.5 Å². The Balaban J connectivity index is 2.30. The number of rotatable bonds is 2. The van der Waals surface area contributed by atoms with Crippen LogP contribution in [0, 0.1) is 13.8 Å². The van der Waals surface area contributed by atoms with Crippen LogP contribution in [0.25, 0.3) is 0 Å². The summed E-state index contributed by atoms with van der Waals surface area (Å²) < 4.78 is 1.04. The van der Waals surface area contributed by atoms with Crippen LogP contribution >= 0.6 is 27.5 Å². The highest BCUT2D eigenvalue weighted by Gasteiger charge is 2.12. The van der Waals surface area contributed by atoms with Crippen LogP contribution < -0.4 is 11.1 Å². The molecule has 0 unspecified atom stereocenters. The van der Waals surface area contributed by atoms with Gasteiger partial charge in [0.05, 0.1) is 5.56 Å². The molecule has 0 heterocycles. The molecule has 1 amide bonds. The predicted octanol–water partition coefficient (Wildman–Crippen LogP) is 4.55. The molecule has 3 N–H and O–H groups in total. The fourth-order valence-electron chi connectivity index (χ4n) is 1.94. The summed E-state index contributed by atoms with van der Waals surface area (Å²) in [7, 11) is 0. The highest BCUT2D eigenvalue weighted by Crippen LogP contribution is 2.26. The van der Waals surface area contributed by atoms with E-state index in [4.69, 9.17) is 17.3 Å². The lowest BCUT2D eigenvalue weighted by Gasteiger charge is -2.11. The molecule has 2 rings (SSSR count). The summed E-state index contributed by atoms with van der Waals surface area (Å²) in [5.41, 5.74) is 9.41. The van der Waals surface area contributed by atoms with Crippen molar-refractivity contribution in [3.8, 4) is 0 Å². The standard InChI is InChI=1S/C15H14BrClN2O/c1-8-5-11(6-9(2)14(8)16)19-15(20)12-7-10(17)3-4-13(12)18/h3-7H,18H2,1-2H3,(H,19,20). The van der Waals surface area contributed by atoms with Gasteiger partial charge in [-0.3, -0.25) is 4.79 Å². The minimum Gasteiger partial charge on any atom is -0.398 e. The highest BCUT2D eigenvalue weighted by atomic mass is 79.9. The number of nitrogens with two attached hydrogens (primary N) is 1. The smallest absolute Gasteiger partial charge is 0.257 e. The summed E-state index contributed by atoms with van der Waals surface area (Å²) in [5.74, 6) is -0.272. The van der Waals surface area contributed by atoms with Gasteiger partial charge in [-0.05, 0) is 55.3 Å². The van der Waals surface area contributed by atoms with E-state index in [-0.39, 0.29) is 5.91 Å². The predicted molar refractivity (Wildman–Crippen MR) is 87.4 cm³/mol. The number of hydrogen-bond donors (Lipinski definition) is 2. The Hall–Kier alpha value is -1.52. The summed E-state index contributed by atoms with van der Waals surface area (Å²) in [4.78, 5) is 12.2. The lowest BCUT2D eigenvalue weighted by molar-refractivity contribution is 0.102. The molecule has 0 atom stereocenters. The van der Waals surface area contributed by atoms with E-state index in [1.54, 1.807) is 18.2 Å². The van der Waals surface area contributed by atoms with Gasteiger partial charge in [0.2, 0.25) is 0 Å². The molecule has 2 aromatic carbocycles. The summed E-state index contributed by atoms with van der Waals surface area (Å²) in [5, 5.41) is 3.32. The van der Waals surface area contributed by atoms with Crippen LogP contribution in [-0.2, 0) is 0 Å². The van der Waals surface area contributed by atoms with E-state index in [1.807, 2.05) is 26.0 Å². The normalized spacial score (nSPS) is 10.4. The molecular weight excluding hydrogens is 340 g/mol. The third-order valence-corrected chi connectivity index (χ3v) is 4.44. The third-order valence-electron chi connectivity index (χ3n) is 2.95. The first-order valence-corrected chi connectivity index (χ1v) is 7.18. The Kier molecular flexibility index (Phi) is 4.35. The maximum atomic E-state index is 12.2. The number of benzene rings is 2. The molecule has 0 aliphatic rings. The van der Waals surface area contributed by atoms with Gasteiger partial charge in [0.25, 0.3) is 5.91 Å². The molecule has 0 aliphatic heterocycles. The lowest BCUT2D eigenvalue weighted by atomic mass is 10.1. The van der Waals surface area contributed by atoms with Crippen molar-refractivity contribution in [2.45, 2.75) is 13.8 Å². The van der Waals surface area contributed by atoms with Gasteiger partial charge in [-0.15, -0.1) is 0 Å². The van der Waals surface area contributed by atoms with Gasteiger partial charge in [-0.2, -0.15) is 0 Å². The van der Waals surface area contributed by atoms with Gasteiger partial charge in [0.1, 0.15) is 0 Å². The van der Waals surface area contributed by atoms with E-state index in [2.05, 4.69) is 21.2 Å². The average Bonchev–Trinajstić information content (AvgIpc) is 2.38. The fraction of sp³-hybridized carbons (Fsp3) is 0.133. The molecule has 0 saturated heterocycles. The van der Waals surface area contributed by atoms with Crippen LogP contribution in [0.4, 0.5) is 11.4 Å². The number of aryl methyl sites for hydroxylation is 2. The van der Waals surface area contributed by atoms with Gasteiger partial charge >= 0.3 is 0 Å². The summed E-state index contributed by atoms with van der Waals surface area (Å²) >= 11 is 9.39. The fourth-order valence-corrected chi connectivity index (χ4v) is 2.34. The molecule has 0 bridgehead atoms. The van der Waals surface area contributed by atoms with Gasteiger partial charge in [0, 0.05) is 20.9 Å². The molecule has 20 heavy (non-hydrogen) atoms. The van der Waals surface area contributed by atoms with Crippen molar-refractivity contribution < 1.29 is 4.79 Å². The second kappa shape index (κ2) is 5.85. The number of anilines is 2. The van der Waals surface area contributed by atoms with E-state index >= 15 is 0 Å². The molecule has 0 saturated carbocycles. The van der Waals surface area contributed by atoms with Crippen LogP contribution in [0.15, 0.2) is 34.8 Å². The molecule has 3 nitrogen and oxygen atoms in total. The quantitative estimate of drug-likeness (QED) is 0.778. The zero-order chi connectivity index (χ0) is 14.9. The second-order valence-electron chi connectivity index (χ2n) is 4.61. The topological polar surface area (TPSA) is 55.1 Å². The van der Waals surface area contributed by atoms with Crippen molar-refractivity contribution in [1.29, 1.82) is 0 Å². The Morgan fingerprint density at radius 2 is 1.80 bits per heavy atom. The van der Waals surface area contributed by atoms with Crippen molar-refractivity contribution in [2.24, 2.45) is 0 Å². The largest absolute Gasteiger partial charge is 0.398 e. The van der Waals surface area contributed by atoms with Gasteiger partial charge < -0.3 is 11.1 Å². The zero-order valence-corrected chi connectivity index (χ0v) is 13.5. The minimum absolute atomic E-state index is 0.272. The maximum absolute atomic E-state index is 12.2. The molecule has 0 aromatic heterocycles. The monoisotopic (exact) mass is 352 g/mol. The van der Waals surface area contributed by atoms with Crippen molar-refractivity contribution >= 4 is 44.8 Å². The third kappa shape index (κ3) is 3.14. The summed E-state index contributed by atoms with van der Waals surface area (Å²) in [6.45, 7) is 3.95. The molecule has 0 aliphatic carbocycles. The zero-order valence-electron chi connectivity index (χ0n) is 11.1. The number of carbonyl (C=O) groups excluding carboxylic acids is 1. The Labute approximate surface area is 131 Å². The average molecular weight is 354 g/mol. The van der Waals surface area contributed by atoms with Gasteiger partial charge in [0.15, 0.2) is 0 Å². The van der Waals surface area contributed by atoms with Crippen LogP contribution in [-0.4, -0.2) is 5.91 Å². The van der Waals surface area contributed by atoms with Gasteiger partial charge in [-0.25, -0.2) is 0 Å². The van der Waals surface area contributed by atoms with Crippen LogP contribution in [0.1, 0.15) is 21.5 Å². The van der Waals surface area contributed by atoms with E-state index in [1.165, 1.54) is 0 Å². The SMILES string of the molecule is Cc1cc(NC(=O)c2cc(Cl)ccc2N)cc(C)c1Br. The molecule has 0 spiro atoms. The molecule has 0 radical (unpaired) electrons. The molecule has 5 heteroatoms. The number of amides is 1. The first-order chi connectivity index (χ1) is 9.38. The maximum Gasteiger partial charge on any atom is 0.257 e. The van der Waals surface area contributed by atoms with Crippen LogP contribution in [0.5, 0.6) is 0 Å². The molecule has 2 aromatic rings. The van der Waals surface area contributed by atoms with E-state index < -0.39 is 0 Å². The lowest BCUT2D eigenvalue weighted by Crippen LogP contribution is -2.14. The Morgan fingerprint density at radius 3 is 2.40 bits per heavy atom. The van der Waals surface area contributed by atoms with E-state index in [9.17, 15) is 4.79 Å². The summed E-state index contributed by atoms with van der Waals surface area (Å²) in [6.07, 6.45) is 0. The van der Waals surface area contributed by atoms with Crippen molar-refractivity contribution in [3.63, 3.8) is 0 Å². The minimum atomic E-state index is -0.272. The number of hydrogen-bond acceptors (Lipinski definition) is 2. The molecule has 104 valence electrons. The van der Waals surface area contributed by atoms with Crippen LogP contribution in [0.3, 0.4) is 0 Å².